The van der Waals surface area contributed by atoms with E-state index in [1.165, 1.54) is 317 Å². The molecule has 6 aliphatic rings. The Morgan fingerprint density at radius 1 is 0.265 bits per heavy atom. The molecule has 22 rings (SSSR count). The lowest BCUT2D eigenvalue weighted by molar-refractivity contribution is 0.398. The number of benzene rings is 15. The number of hydrogen-bond acceptors (Lipinski definition) is 2. The molecule has 0 amide bonds. The van der Waals surface area contributed by atoms with Crippen LogP contribution in [0.15, 0.2) is 315 Å². The van der Waals surface area contributed by atoms with Crippen molar-refractivity contribution in [2.45, 2.75) is 229 Å². The Hall–Kier alpha value is -13.1. The van der Waals surface area contributed by atoms with Crippen LogP contribution >= 0.6 is 0 Å². The molecular formula is C128H120N4. The van der Waals surface area contributed by atoms with Crippen molar-refractivity contribution in [3.05, 3.63) is 399 Å². The van der Waals surface area contributed by atoms with Crippen molar-refractivity contribution in [1.29, 1.82) is 5.26 Å². The third-order valence-electron chi connectivity index (χ3n) is 32.1. The summed E-state index contributed by atoms with van der Waals surface area (Å²) < 4.78 is 2.48. The standard InChI is InChI=1S/C128H120N4/c1-6-10-14-18-22-38-74-125(75-39-23-19-15-11-7-2)115-79-88(90-57-69-106-105-66-54-87(86-129)78-119(105)127(120(106)81-90)111-48-32-26-42-97(111)98-43-27-33-49-112(98)127)55-67-101(115)103-72-64-95(84-117(103)125)131(93-60-62-94(63-61-93)132-123-52-36-30-46-109(123)110-47-31-37-53-124(110)132)96-65-73-104-102-68-56-89(80-116(102)126(118(104)85-96,76-40-24-20-16-12-8-3)77-41-25-21-17-13-9-4)91-58-70-107-108-71-59-92(130-5)83-122(108)128(121(107)82-91)113-50-34-28-44-99(113)100-45-29-35-51-114(100)128/h26-37,42-73,78-85H,6-25,38-41,74-77H2,1-4H3. The van der Waals surface area contributed by atoms with Crippen molar-refractivity contribution in [3.63, 3.8) is 0 Å². The van der Waals surface area contributed by atoms with Crippen molar-refractivity contribution in [3.8, 4) is 101 Å². The molecule has 0 atom stereocenters. The van der Waals surface area contributed by atoms with E-state index in [1.807, 2.05) is 12.1 Å². The summed E-state index contributed by atoms with van der Waals surface area (Å²) in [5.74, 6) is 0. The van der Waals surface area contributed by atoms with Crippen LogP contribution in [-0.2, 0) is 21.7 Å². The molecule has 0 fully saturated rings. The van der Waals surface area contributed by atoms with E-state index >= 15 is 0 Å². The SMILES string of the molecule is [C-]#[N+]c1ccc2c(c1)C1(c3ccccc3-c3ccccc31)c1cc(-c3ccc4c(c3)C(CCCCCCCC)(CCCCCCCC)c3cc(N(c5ccc(-n6c7ccccc7c7ccccc76)cc5)c5ccc6c(c5)C(CCCCCCCC)(CCCCCCCC)c5cc(-c7ccc8c(c7)C7(c9ccccc9-c9ccccc97)c7cc(C#N)ccc7-8)ccc5-6)ccc3-4)ccc1-2. The van der Waals surface area contributed by atoms with Gasteiger partial charge in [0, 0.05) is 44.4 Å². The lowest BCUT2D eigenvalue weighted by Crippen LogP contribution is -2.26. The van der Waals surface area contributed by atoms with Gasteiger partial charge in [-0.05, 0) is 279 Å². The van der Waals surface area contributed by atoms with Crippen LogP contribution in [0.5, 0.6) is 0 Å². The van der Waals surface area contributed by atoms with Gasteiger partial charge in [-0.25, -0.2) is 4.85 Å². The molecule has 652 valence electrons. The lowest BCUT2D eigenvalue weighted by Gasteiger charge is -2.35. The molecule has 0 N–H and O–H groups in total. The molecule has 4 heteroatoms. The third-order valence-corrected chi connectivity index (χ3v) is 32.1. The van der Waals surface area contributed by atoms with Gasteiger partial charge in [0.15, 0.2) is 5.69 Å². The Kier molecular flexibility index (Phi) is 22.7. The molecule has 0 saturated carbocycles. The summed E-state index contributed by atoms with van der Waals surface area (Å²) in [5.41, 5.74) is 43.4. The summed E-state index contributed by atoms with van der Waals surface area (Å²) >= 11 is 0. The van der Waals surface area contributed by atoms with Crippen molar-refractivity contribution >= 4 is 44.6 Å². The van der Waals surface area contributed by atoms with Crippen molar-refractivity contribution in [1.82, 2.24) is 4.57 Å². The average molecular weight is 1710 g/mol. The van der Waals surface area contributed by atoms with E-state index < -0.39 is 10.8 Å². The number of nitriles is 1. The first-order valence-corrected chi connectivity index (χ1v) is 50.4. The summed E-state index contributed by atoms with van der Waals surface area (Å²) in [6.07, 6.45) is 34.0. The zero-order valence-corrected chi connectivity index (χ0v) is 77.6. The molecule has 16 aromatic rings. The minimum Gasteiger partial charge on any atom is -0.310 e. The first-order valence-electron chi connectivity index (χ1n) is 50.4. The number of rotatable bonds is 34. The number of nitrogens with zero attached hydrogens (tertiary/aromatic N) is 4. The average Bonchev–Trinajstić information content (AvgIpc) is 1.51. The Morgan fingerprint density at radius 3 is 0.932 bits per heavy atom. The van der Waals surface area contributed by atoms with E-state index in [0.717, 1.165) is 62.7 Å². The fourth-order valence-corrected chi connectivity index (χ4v) is 25.9. The van der Waals surface area contributed by atoms with Crippen LogP contribution in [0.2, 0.25) is 0 Å². The van der Waals surface area contributed by atoms with Gasteiger partial charge in [-0.1, -0.05) is 400 Å². The number of hydrogen-bond donors (Lipinski definition) is 0. The van der Waals surface area contributed by atoms with Gasteiger partial charge in [0.25, 0.3) is 0 Å². The lowest BCUT2D eigenvalue weighted by atomic mass is 9.69. The molecule has 0 bridgehead atoms. The molecule has 0 aliphatic heterocycles. The van der Waals surface area contributed by atoms with Gasteiger partial charge in [0.1, 0.15) is 0 Å². The smallest absolute Gasteiger partial charge is 0.187 e. The molecule has 132 heavy (non-hydrogen) atoms. The molecule has 1 aromatic heterocycles. The Balaban J connectivity index is 0.721. The number of fused-ring (bicyclic) bond motifs is 29. The van der Waals surface area contributed by atoms with Crippen LogP contribution in [0, 0.1) is 17.9 Å². The van der Waals surface area contributed by atoms with E-state index in [-0.39, 0.29) is 10.8 Å². The zero-order chi connectivity index (χ0) is 89.1. The second-order valence-electron chi connectivity index (χ2n) is 39.4. The molecule has 2 spiro atoms. The van der Waals surface area contributed by atoms with Crippen molar-refractivity contribution in [2.75, 3.05) is 4.90 Å². The highest BCUT2D eigenvalue weighted by molar-refractivity contribution is 6.09. The normalized spacial score (nSPS) is 14.2. The zero-order valence-electron chi connectivity index (χ0n) is 77.6. The predicted octanol–water partition coefficient (Wildman–Crippen LogP) is 36.2. The second kappa shape index (κ2) is 35.5. The van der Waals surface area contributed by atoms with E-state index in [9.17, 15) is 5.26 Å². The van der Waals surface area contributed by atoms with Crippen LogP contribution in [0.25, 0.3) is 121 Å². The van der Waals surface area contributed by atoms with Gasteiger partial charge in [0.05, 0.1) is 40.1 Å². The van der Waals surface area contributed by atoms with Crippen LogP contribution < -0.4 is 4.90 Å². The maximum atomic E-state index is 10.7. The van der Waals surface area contributed by atoms with Gasteiger partial charge in [-0.2, -0.15) is 5.26 Å². The van der Waals surface area contributed by atoms with E-state index in [2.05, 4.69) is 351 Å². The largest absolute Gasteiger partial charge is 0.310 e. The summed E-state index contributed by atoms with van der Waals surface area (Å²) in [5, 5.41) is 13.2. The van der Waals surface area contributed by atoms with Crippen molar-refractivity contribution in [2.24, 2.45) is 0 Å². The minimum atomic E-state index is -0.594. The second-order valence-corrected chi connectivity index (χ2v) is 39.4. The van der Waals surface area contributed by atoms with Gasteiger partial charge >= 0.3 is 0 Å². The van der Waals surface area contributed by atoms with E-state index in [4.69, 9.17) is 6.57 Å². The topological polar surface area (TPSA) is 36.3 Å². The monoisotopic (exact) mass is 1710 g/mol. The molecule has 0 radical (unpaired) electrons. The number of aromatic nitrogens is 1. The highest BCUT2D eigenvalue weighted by Gasteiger charge is 2.55. The third kappa shape index (κ3) is 13.7. The van der Waals surface area contributed by atoms with Crippen LogP contribution in [0.1, 0.15) is 280 Å². The number of unbranched alkanes of at least 4 members (excludes halogenated alkanes) is 20. The minimum absolute atomic E-state index is 0.275. The summed E-state index contributed by atoms with van der Waals surface area (Å²) in [6, 6.07) is 125. The highest BCUT2D eigenvalue weighted by atomic mass is 15.1. The Bertz CT molecular complexity index is 6700. The predicted molar refractivity (Wildman–Crippen MR) is 554 cm³/mol. The fraction of sp³-hybridized carbons (Fsp3) is 0.281. The van der Waals surface area contributed by atoms with Crippen LogP contribution in [0.4, 0.5) is 22.7 Å². The molecule has 6 aliphatic carbocycles. The van der Waals surface area contributed by atoms with E-state index in [0.29, 0.717) is 11.3 Å². The van der Waals surface area contributed by atoms with Gasteiger partial charge in [0.2, 0.25) is 0 Å². The van der Waals surface area contributed by atoms with Crippen LogP contribution in [-0.4, -0.2) is 4.57 Å². The Morgan fingerprint density at radius 2 is 0.553 bits per heavy atom. The number of para-hydroxylation sites is 2. The first-order chi connectivity index (χ1) is 65.2. The van der Waals surface area contributed by atoms with Crippen molar-refractivity contribution < 1.29 is 0 Å². The molecule has 15 aromatic carbocycles. The molecule has 4 nitrogen and oxygen atoms in total. The quantitative estimate of drug-likeness (QED) is 0.0298. The summed E-state index contributed by atoms with van der Waals surface area (Å²) in [6.45, 7) is 17.8. The molecular weight excluding hydrogens is 1590 g/mol. The van der Waals surface area contributed by atoms with Gasteiger partial charge in [-0.15, -0.1) is 0 Å². The molecule has 0 unspecified atom stereocenters. The van der Waals surface area contributed by atoms with Gasteiger partial charge in [-0.3, -0.25) is 0 Å². The molecule has 1 heterocycles. The summed E-state index contributed by atoms with van der Waals surface area (Å²) in [7, 11) is 0. The van der Waals surface area contributed by atoms with Gasteiger partial charge < -0.3 is 9.47 Å². The fourth-order valence-electron chi connectivity index (χ4n) is 25.9. The first kappa shape index (κ1) is 84.4. The molecule has 0 saturated heterocycles. The Labute approximate surface area is 783 Å². The maximum absolute atomic E-state index is 10.7. The van der Waals surface area contributed by atoms with E-state index in [1.54, 1.807) is 0 Å². The number of anilines is 3. The maximum Gasteiger partial charge on any atom is 0.187 e. The van der Waals surface area contributed by atoms with Crippen LogP contribution in [0.3, 0.4) is 0 Å². The summed E-state index contributed by atoms with van der Waals surface area (Å²) in [4.78, 5) is 6.79. The highest BCUT2D eigenvalue weighted by Crippen LogP contribution is 2.67.